The number of aryl methyl sites for hydroxylation is 1. The summed E-state index contributed by atoms with van der Waals surface area (Å²) < 4.78 is 18.8. The zero-order valence-corrected chi connectivity index (χ0v) is 15.4. The largest absolute Gasteiger partial charge is 0.361 e. The van der Waals surface area contributed by atoms with Crippen LogP contribution in [0.4, 0.5) is 4.39 Å². The molecule has 0 aliphatic carbocycles. The van der Waals surface area contributed by atoms with E-state index in [4.69, 9.17) is 4.52 Å². The van der Waals surface area contributed by atoms with Crippen LogP contribution >= 0.6 is 11.8 Å². The number of carbonyl (C=O) groups is 2. The zero-order valence-electron chi connectivity index (χ0n) is 14.6. The minimum Gasteiger partial charge on any atom is -0.361 e. The van der Waals surface area contributed by atoms with Crippen molar-refractivity contribution in [3.05, 3.63) is 53.2 Å². The van der Waals surface area contributed by atoms with Crippen molar-refractivity contribution in [1.29, 1.82) is 0 Å². The molecule has 6 nitrogen and oxygen atoms in total. The Morgan fingerprint density at radius 2 is 2.23 bits per heavy atom. The van der Waals surface area contributed by atoms with Crippen molar-refractivity contribution in [3.63, 3.8) is 0 Å². The van der Waals surface area contributed by atoms with Crippen LogP contribution in [-0.2, 0) is 22.6 Å². The van der Waals surface area contributed by atoms with Gasteiger partial charge < -0.3 is 14.7 Å². The van der Waals surface area contributed by atoms with Gasteiger partial charge in [-0.25, -0.2) is 4.39 Å². The number of nitrogens with one attached hydrogen (secondary N) is 1. The molecule has 2 atom stereocenters. The second kappa shape index (κ2) is 7.90. The molecule has 8 heteroatoms. The lowest BCUT2D eigenvalue weighted by Gasteiger charge is -2.30. The Balaban J connectivity index is 1.56. The molecule has 138 valence electrons. The van der Waals surface area contributed by atoms with E-state index in [1.165, 1.54) is 22.7 Å². The van der Waals surface area contributed by atoms with Gasteiger partial charge in [-0.3, -0.25) is 9.59 Å². The van der Waals surface area contributed by atoms with E-state index in [-0.39, 0.29) is 17.6 Å². The second-order valence-corrected chi connectivity index (χ2v) is 7.54. The molecule has 2 amide bonds. The van der Waals surface area contributed by atoms with E-state index in [9.17, 15) is 14.0 Å². The van der Waals surface area contributed by atoms with Crippen molar-refractivity contribution in [3.8, 4) is 0 Å². The Labute approximate surface area is 155 Å². The molecule has 0 spiro atoms. The molecule has 26 heavy (non-hydrogen) atoms. The number of carbonyl (C=O) groups excluding carboxylic acids is 2. The van der Waals surface area contributed by atoms with Crippen LogP contribution in [0, 0.1) is 12.7 Å². The van der Waals surface area contributed by atoms with Crippen LogP contribution in [0.15, 0.2) is 34.9 Å². The molecule has 1 fully saturated rings. The first kappa shape index (κ1) is 18.4. The van der Waals surface area contributed by atoms with E-state index in [0.29, 0.717) is 35.7 Å². The normalized spacial score (nSPS) is 19.9. The summed E-state index contributed by atoms with van der Waals surface area (Å²) in [4.78, 5) is 26.4. The topological polar surface area (TPSA) is 75.4 Å². The first-order valence-electron chi connectivity index (χ1n) is 8.26. The standard InChI is InChI=1S/C18H20FN3O3S/c1-11-7-13(21-25-11)9-22(2)18(24)15-10-26-16(17(23)20-15)8-12-5-3-4-6-14(12)19/h3-7,15-16H,8-10H2,1-2H3,(H,20,23)/t15-,16-/m1/s1. The molecule has 1 aliphatic rings. The first-order valence-corrected chi connectivity index (χ1v) is 9.31. The molecular formula is C18H20FN3O3S. The highest BCUT2D eigenvalue weighted by molar-refractivity contribution is 8.00. The van der Waals surface area contributed by atoms with Crippen LogP contribution < -0.4 is 5.32 Å². The first-order chi connectivity index (χ1) is 12.4. The fraction of sp³-hybridized carbons (Fsp3) is 0.389. The molecular weight excluding hydrogens is 357 g/mol. The highest BCUT2D eigenvalue weighted by atomic mass is 32.2. The average molecular weight is 377 g/mol. The van der Waals surface area contributed by atoms with Gasteiger partial charge in [-0.1, -0.05) is 23.4 Å². The van der Waals surface area contributed by atoms with E-state index in [1.807, 2.05) is 0 Å². The predicted molar refractivity (Wildman–Crippen MR) is 96.0 cm³/mol. The fourth-order valence-electron chi connectivity index (χ4n) is 2.82. The van der Waals surface area contributed by atoms with Crippen molar-refractivity contribution in [2.45, 2.75) is 31.2 Å². The molecule has 0 radical (unpaired) electrons. The van der Waals surface area contributed by atoms with Crippen LogP contribution in [-0.4, -0.2) is 46.0 Å². The van der Waals surface area contributed by atoms with Gasteiger partial charge in [-0.2, -0.15) is 0 Å². The zero-order chi connectivity index (χ0) is 18.7. The number of halogens is 1. The van der Waals surface area contributed by atoms with Crippen LogP contribution in [0.3, 0.4) is 0 Å². The maximum atomic E-state index is 13.8. The van der Waals surface area contributed by atoms with E-state index in [0.717, 1.165) is 0 Å². The van der Waals surface area contributed by atoms with Crippen LogP contribution in [0.25, 0.3) is 0 Å². The van der Waals surface area contributed by atoms with Crippen molar-refractivity contribution in [2.75, 3.05) is 12.8 Å². The molecule has 1 N–H and O–H groups in total. The maximum Gasteiger partial charge on any atom is 0.246 e. The summed E-state index contributed by atoms with van der Waals surface area (Å²) in [7, 11) is 1.66. The molecule has 0 saturated carbocycles. The van der Waals surface area contributed by atoms with Crippen LogP contribution in [0.2, 0.25) is 0 Å². The Morgan fingerprint density at radius 3 is 2.88 bits per heavy atom. The smallest absolute Gasteiger partial charge is 0.246 e. The summed E-state index contributed by atoms with van der Waals surface area (Å²) in [6.45, 7) is 2.10. The molecule has 2 heterocycles. The minimum absolute atomic E-state index is 0.184. The molecule has 1 aromatic carbocycles. The summed E-state index contributed by atoms with van der Waals surface area (Å²) in [5, 5.41) is 6.23. The summed E-state index contributed by atoms with van der Waals surface area (Å²) >= 11 is 1.38. The third-order valence-corrected chi connectivity index (χ3v) is 5.50. The molecule has 3 rings (SSSR count). The van der Waals surface area contributed by atoms with Crippen LogP contribution in [0.1, 0.15) is 17.0 Å². The van der Waals surface area contributed by atoms with E-state index in [2.05, 4.69) is 10.5 Å². The molecule has 1 aromatic heterocycles. The minimum atomic E-state index is -0.595. The van der Waals surface area contributed by atoms with E-state index < -0.39 is 11.3 Å². The lowest BCUT2D eigenvalue weighted by atomic mass is 10.1. The third kappa shape index (κ3) is 4.24. The second-order valence-electron chi connectivity index (χ2n) is 6.30. The monoisotopic (exact) mass is 377 g/mol. The van der Waals surface area contributed by atoms with Gasteiger partial charge >= 0.3 is 0 Å². The van der Waals surface area contributed by atoms with Crippen molar-refractivity contribution in [2.24, 2.45) is 0 Å². The summed E-state index contributed by atoms with van der Waals surface area (Å²) in [5.74, 6) is 0.385. The third-order valence-electron chi connectivity index (χ3n) is 4.19. The van der Waals surface area contributed by atoms with Crippen molar-refractivity contribution < 1.29 is 18.5 Å². The van der Waals surface area contributed by atoms with Crippen molar-refractivity contribution in [1.82, 2.24) is 15.4 Å². The number of hydrogen-bond acceptors (Lipinski definition) is 5. The Bertz CT molecular complexity index is 810. The molecule has 1 saturated heterocycles. The van der Waals surface area contributed by atoms with Gasteiger partial charge in [-0.15, -0.1) is 11.8 Å². The molecule has 0 unspecified atom stereocenters. The number of nitrogens with zero attached hydrogens (tertiary/aromatic N) is 2. The number of rotatable bonds is 5. The van der Waals surface area contributed by atoms with Gasteiger partial charge in [0.15, 0.2) is 0 Å². The summed E-state index contributed by atoms with van der Waals surface area (Å²) in [6.07, 6.45) is 0.304. The number of likely N-dealkylation sites (N-methyl/N-ethyl adjacent to an activating group) is 1. The Morgan fingerprint density at radius 1 is 1.46 bits per heavy atom. The highest BCUT2D eigenvalue weighted by Crippen LogP contribution is 2.24. The molecule has 0 bridgehead atoms. The van der Waals surface area contributed by atoms with Gasteiger partial charge in [0.05, 0.1) is 11.8 Å². The molecule has 2 aromatic rings. The fourth-order valence-corrected chi connectivity index (χ4v) is 3.99. The SMILES string of the molecule is Cc1cc(CN(C)C(=O)[C@H]2CS[C@H](Cc3ccccc3F)C(=O)N2)no1. The summed E-state index contributed by atoms with van der Waals surface area (Å²) in [6, 6.07) is 7.59. The van der Waals surface area contributed by atoms with Gasteiger partial charge in [0, 0.05) is 18.9 Å². The van der Waals surface area contributed by atoms with Crippen LogP contribution in [0.5, 0.6) is 0 Å². The Kier molecular flexibility index (Phi) is 5.61. The van der Waals surface area contributed by atoms with E-state index in [1.54, 1.807) is 38.2 Å². The Hall–Kier alpha value is -2.35. The van der Waals surface area contributed by atoms with Gasteiger partial charge in [0.25, 0.3) is 0 Å². The number of amides is 2. The maximum absolute atomic E-state index is 13.8. The molecule has 1 aliphatic heterocycles. The number of benzene rings is 1. The number of aromatic nitrogens is 1. The van der Waals surface area contributed by atoms with Crippen molar-refractivity contribution >= 4 is 23.6 Å². The predicted octanol–water partition coefficient (Wildman–Crippen LogP) is 1.92. The van der Waals surface area contributed by atoms with Gasteiger partial charge in [0.2, 0.25) is 11.8 Å². The van der Waals surface area contributed by atoms with Gasteiger partial charge in [-0.05, 0) is 25.0 Å². The lowest BCUT2D eigenvalue weighted by molar-refractivity contribution is -0.135. The lowest BCUT2D eigenvalue weighted by Crippen LogP contribution is -2.54. The highest BCUT2D eigenvalue weighted by Gasteiger charge is 2.34. The number of hydrogen-bond donors (Lipinski definition) is 1. The quantitative estimate of drug-likeness (QED) is 0.862. The van der Waals surface area contributed by atoms with E-state index >= 15 is 0 Å². The number of thioether (sulfide) groups is 1. The average Bonchev–Trinajstić information content (AvgIpc) is 3.02. The van der Waals surface area contributed by atoms with Gasteiger partial charge in [0.1, 0.15) is 23.3 Å². The summed E-state index contributed by atoms with van der Waals surface area (Å²) in [5.41, 5.74) is 1.16.